The van der Waals surface area contributed by atoms with Gasteiger partial charge in [-0.2, -0.15) is 0 Å². The van der Waals surface area contributed by atoms with Crippen LogP contribution in [0.2, 0.25) is 0 Å². The third-order valence-corrected chi connectivity index (χ3v) is 5.09. The highest BCUT2D eigenvalue weighted by Gasteiger charge is 2.40. The van der Waals surface area contributed by atoms with Crippen molar-refractivity contribution in [1.82, 2.24) is 0 Å². The van der Waals surface area contributed by atoms with Gasteiger partial charge < -0.3 is 24.6 Å². The number of carbonyl (C=O) groups excluding carboxylic acids is 3. The van der Waals surface area contributed by atoms with E-state index in [0.717, 1.165) is 0 Å². The first-order valence-corrected chi connectivity index (χ1v) is 9.87. The van der Waals surface area contributed by atoms with E-state index in [0.29, 0.717) is 17.8 Å². The fourth-order valence-corrected chi connectivity index (χ4v) is 3.28. The van der Waals surface area contributed by atoms with Gasteiger partial charge >= 0.3 is 12.1 Å². The van der Waals surface area contributed by atoms with Gasteiger partial charge in [-0.15, -0.1) is 0 Å². The number of phenols is 1. The lowest BCUT2D eigenvalue weighted by molar-refractivity contribution is -0.122. The first kappa shape index (κ1) is 21.4. The van der Waals surface area contributed by atoms with Crippen LogP contribution in [-0.2, 0) is 19.0 Å². The topological polar surface area (TPSA) is 111 Å². The average molecular weight is 415 g/mol. The second-order valence-electron chi connectivity index (χ2n) is 7.30. The molecule has 1 aromatic rings. The van der Waals surface area contributed by atoms with Crippen LogP contribution >= 0.6 is 0 Å². The molecule has 0 radical (unpaired) electrons. The molecule has 0 saturated carbocycles. The molecule has 8 heteroatoms. The summed E-state index contributed by atoms with van der Waals surface area (Å²) >= 11 is 0. The molecule has 0 aromatic heterocycles. The molecule has 3 rings (SSSR count). The number of aromatic hydroxyl groups is 1. The van der Waals surface area contributed by atoms with Crippen molar-refractivity contribution in [3.63, 3.8) is 0 Å². The zero-order valence-electron chi connectivity index (χ0n) is 17.1. The van der Waals surface area contributed by atoms with Gasteiger partial charge in [0.2, 0.25) is 6.10 Å². The van der Waals surface area contributed by atoms with Gasteiger partial charge in [0.1, 0.15) is 17.4 Å². The number of cyclic esters (lactones) is 1. The van der Waals surface area contributed by atoms with Gasteiger partial charge in [-0.25, -0.2) is 9.59 Å². The van der Waals surface area contributed by atoms with Crippen molar-refractivity contribution < 1.29 is 33.7 Å². The van der Waals surface area contributed by atoms with E-state index in [4.69, 9.17) is 14.2 Å². The van der Waals surface area contributed by atoms with Crippen LogP contribution in [-0.4, -0.2) is 47.9 Å². The third kappa shape index (κ3) is 4.64. The number of nitrogens with one attached hydrogen (secondary N) is 1. The third-order valence-electron chi connectivity index (χ3n) is 5.09. The minimum absolute atomic E-state index is 0.0419. The van der Waals surface area contributed by atoms with E-state index < -0.39 is 36.2 Å². The van der Waals surface area contributed by atoms with Crippen molar-refractivity contribution in [3.8, 4) is 5.75 Å². The number of fused-ring (bicyclic) bond motifs is 2. The van der Waals surface area contributed by atoms with E-state index in [1.165, 1.54) is 12.1 Å². The quantitative estimate of drug-likeness (QED) is 0.707. The van der Waals surface area contributed by atoms with Crippen molar-refractivity contribution in [1.29, 1.82) is 0 Å². The molecule has 1 fully saturated rings. The Morgan fingerprint density at radius 1 is 1.10 bits per heavy atom. The predicted molar refractivity (Wildman–Crippen MR) is 109 cm³/mol. The largest absolute Gasteiger partial charge is 0.509 e. The fourth-order valence-electron chi connectivity index (χ4n) is 3.28. The van der Waals surface area contributed by atoms with Gasteiger partial charge in [-0.3, -0.25) is 4.79 Å². The maximum absolute atomic E-state index is 12.8. The van der Waals surface area contributed by atoms with Gasteiger partial charge in [0.15, 0.2) is 11.9 Å². The molecule has 160 valence electrons. The van der Waals surface area contributed by atoms with Gasteiger partial charge in [-0.05, 0) is 31.6 Å². The molecule has 1 aromatic carbocycles. The summed E-state index contributed by atoms with van der Waals surface area (Å²) in [4.78, 5) is 36.8. The molecule has 0 unspecified atom stereocenters. The lowest BCUT2D eigenvalue weighted by Gasteiger charge is -2.20. The molecule has 2 aliphatic heterocycles. The standard InChI is InChI=1S/C22H25NO7/c1-4-23-15-10-14-6-5-7-18-20(30-22(27)29-18)16(24)9-8-12(2)13(3)28-21(26)19(14)17(25)11-15/h5-6,8-13,18,20,23,25H,4,7H2,1-3H3/b6-5+,9-8-/t12-,13+,18+,20-/m1/s1. The maximum atomic E-state index is 12.8. The number of benzene rings is 1. The van der Waals surface area contributed by atoms with E-state index in [1.807, 2.05) is 6.92 Å². The number of hydrogen-bond donors (Lipinski definition) is 2. The van der Waals surface area contributed by atoms with Crippen LogP contribution in [0.15, 0.2) is 30.4 Å². The number of rotatable bonds is 2. The van der Waals surface area contributed by atoms with Crippen LogP contribution in [0, 0.1) is 5.92 Å². The number of hydrogen-bond acceptors (Lipinski definition) is 8. The Hall–Kier alpha value is -3.29. The summed E-state index contributed by atoms with van der Waals surface area (Å²) in [5.41, 5.74) is 1.12. The van der Waals surface area contributed by atoms with Crippen LogP contribution in [0.25, 0.3) is 6.08 Å². The first-order valence-electron chi connectivity index (χ1n) is 9.87. The highest BCUT2D eigenvalue weighted by atomic mass is 16.8. The van der Waals surface area contributed by atoms with Crippen molar-refractivity contribution >= 4 is 29.7 Å². The molecule has 8 nitrogen and oxygen atoms in total. The van der Waals surface area contributed by atoms with Crippen molar-refractivity contribution in [2.75, 3.05) is 11.9 Å². The summed E-state index contributed by atoms with van der Waals surface area (Å²) in [6, 6.07) is 3.19. The zero-order chi connectivity index (χ0) is 21.8. The Kier molecular flexibility index (Phi) is 6.44. The molecule has 0 bridgehead atoms. The minimum Gasteiger partial charge on any atom is -0.507 e. The molecule has 1 saturated heterocycles. The Balaban J connectivity index is 2.03. The Morgan fingerprint density at radius 3 is 2.60 bits per heavy atom. The van der Waals surface area contributed by atoms with E-state index in [-0.39, 0.29) is 23.7 Å². The summed E-state index contributed by atoms with van der Waals surface area (Å²) in [6.45, 7) is 6.03. The van der Waals surface area contributed by atoms with Crippen molar-refractivity contribution in [3.05, 3.63) is 41.5 Å². The van der Waals surface area contributed by atoms with Gasteiger partial charge in [-0.1, -0.05) is 25.2 Å². The highest BCUT2D eigenvalue weighted by Crippen LogP contribution is 2.30. The highest BCUT2D eigenvalue weighted by molar-refractivity contribution is 5.98. The lowest BCUT2D eigenvalue weighted by Crippen LogP contribution is -2.30. The van der Waals surface area contributed by atoms with E-state index in [2.05, 4.69) is 5.32 Å². The molecule has 2 aliphatic rings. The molecular formula is C22H25NO7. The normalized spacial score (nSPS) is 28.8. The molecular weight excluding hydrogens is 390 g/mol. The van der Waals surface area contributed by atoms with Crippen molar-refractivity contribution in [2.24, 2.45) is 5.92 Å². The molecule has 2 heterocycles. The van der Waals surface area contributed by atoms with Gasteiger partial charge in [0, 0.05) is 30.6 Å². The summed E-state index contributed by atoms with van der Waals surface area (Å²) in [6.07, 6.45) is 3.14. The zero-order valence-corrected chi connectivity index (χ0v) is 17.1. The number of anilines is 1. The average Bonchev–Trinajstić information content (AvgIpc) is 3.05. The van der Waals surface area contributed by atoms with Crippen LogP contribution in [0.5, 0.6) is 5.75 Å². The van der Waals surface area contributed by atoms with Crippen LogP contribution in [0.4, 0.5) is 10.5 Å². The fraction of sp³-hybridized carbons (Fsp3) is 0.409. The van der Waals surface area contributed by atoms with Gasteiger partial charge in [0.05, 0.1) is 0 Å². The number of phenolic OH excluding ortho intramolecular Hbond substituents is 1. The first-order chi connectivity index (χ1) is 14.3. The summed E-state index contributed by atoms with van der Waals surface area (Å²) in [5.74, 6) is -1.56. The molecule has 4 atom stereocenters. The Labute approximate surface area is 174 Å². The second kappa shape index (κ2) is 9.02. The van der Waals surface area contributed by atoms with Gasteiger partial charge in [0.25, 0.3) is 0 Å². The lowest BCUT2D eigenvalue weighted by atomic mass is 9.99. The SMILES string of the molecule is CCNc1cc(O)c2c(c1)/C=C/C[C@@H]1OC(=O)O[C@@H]1C(=O)/C=C\[C@@H](C)[C@H](C)OC2=O. The Bertz CT molecular complexity index is 905. The van der Waals surface area contributed by atoms with E-state index in [1.54, 1.807) is 38.1 Å². The number of ether oxygens (including phenoxy) is 3. The van der Waals surface area contributed by atoms with Crippen LogP contribution < -0.4 is 5.32 Å². The smallest absolute Gasteiger partial charge is 0.507 e. The Morgan fingerprint density at radius 2 is 1.87 bits per heavy atom. The molecule has 30 heavy (non-hydrogen) atoms. The molecule has 0 spiro atoms. The molecule has 0 amide bonds. The summed E-state index contributed by atoms with van der Waals surface area (Å²) < 4.78 is 15.7. The number of ketones is 1. The number of carbonyl (C=O) groups is 3. The van der Waals surface area contributed by atoms with E-state index in [9.17, 15) is 19.5 Å². The predicted octanol–water partition coefficient (Wildman–Crippen LogP) is 3.45. The molecule has 0 aliphatic carbocycles. The van der Waals surface area contributed by atoms with Crippen molar-refractivity contribution in [2.45, 2.75) is 45.5 Å². The molecule has 2 N–H and O–H groups in total. The second-order valence-corrected chi connectivity index (χ2v) is 7.30. The summed E-state index contributed by atoms with van der Waals surface area (Å²) in [5, 5.41) is 13.6. The number of esters is 1. The summed E-state index contributed by atoms with van der Waals surface area (Å²) in [7, 11) is 0. The minimum atomic E-state index is -1.03. The van der Waals surface area contributed by atoms with Crippen LogP contribution in [0.3, 0.4) is 0 Å². The van der Waals surface area contributed by atoms with E-state index >= 15 is 0 Å². The maximum Gasteiger partial charge on any atom is 0.509 e. The monoisotopic (exact) mass is 415 g/mol. The van der Waals surface area contributed by atoms with Crippen LogP contribution in [0.1, 0.15) is 43.1 Å².